The first-order valence-corrected chi connectivity index (χ1v) is 6.60. The van der Waals surface area contributed by atoms with Crippen LogP contribution in [0.5, 0.6) is 11.5 Å². The van der Waals surface area contributed by atoms with Crippen LogP contribution in [0.25, 0.3) is 0 Å². The van der Waals surface area contributed by atoms with Gasteiger partial charge >= 0.3 is 12.0 Å². The lowest BCUT2D eigenvalue weighted by molar-refractivity contribution is -0.136. The molecule has 0 aromatic heterocycles. The summed E-state index contributed by atoms with van der Waals surface area (Å²) in [6, 6.07) is 4.07. The van der Waals surface area contributed by atoms with Crippen LogP contribution >= 0.6 is 0 Å². The topological polar surface area (TPSA) is 85.9 Å². The van der Waals surface area contributed by atoms with Gasteiger partial charge < -0.3 is 24.8 Å². The lowest BCUT2D eigenvalue weighted by Gasteiger charge is -2.28. The highest BCUT2D eigenvalue weighted by Crippen LogP contribution is 2.35. The van der Waals surface area contributed by atoms with E-state index >= 15 is 0 Å². The standard InChI is InChI=1S/C15H18N2O5/c1-8-12(14(18)22-4)13(17-15(19)16-8)10-7-9(20-2)5-6-11(10)21-3/h5-7,13H,1-4H3,(H2,16,17,19)/t13-/m1/s1. The van der Waals surface area contributed by atoms with Gasteiger partial charge in [-0.25, -0.2) is 9.59 Å². The number of carbonyl (C=O) groups is 2. The van der Waals surface area contributed by atoms with Crippen LogP contribution in [0.4, 0.5) is 4.79 Å². The van der Waals surface area contributed by atoms with E-state index < -0.39 is 18.0 Å². The van der Waals surface area contributed by atoms with Crippen LogP contribution in [-0.4, -0.2) is 33.3 Å². The molecule has 2 N–H and O–H groups in total. The van der Waals surface area contributed by atoms with E-state index in [1.54, 1.807) is 25.1 Å². The Morgan fingerprint density at radius 1 is 1.18 bits per heavy atom. The van der Waals surface area contributed by atoms with Crippen LogP contribution in [0, 0.1) is 0 Å². The van der Waals surface area contributed by atoms with Crippen LogP contribution in [0.2, 0.25) is 0 Å². The second kappa shape index (κ2) is 6.38. The van der Waals surface area contributed by atoms with Gasteiger partial charge in [0.25, 0.3) is 0 Å². The molecule has 1 aliphatic rings. The molecule has 118 valence electrons. The van der Waals surface area contributed by atoms with Crippen molar-refractivity contribution in [1.29, 1.82) is 0 Å². The van der Waals surface area contributed by atoms with Crippen LogP contribution in [0.3, 0.4) is 0 Å². The van der Waals surface area contributed by atoms with Crippen LogP contribution in [0.1, 0.15) is 18.5 Å². The lowest BCUT2D eigenvalue weighted by atomic mass is 9.94. The number of rotatable bonds is 4. The van der Waals surface area contributed by atoms with Gasteiger partial charge in [-0.1, -0.05) is 0 Å². The van der Waals surface area contributed by atoms with Crippen molar-refractivity contribution in [2.24, 2.45) is 0 Å². The zero-order valence-corrected chi connectivity index (χ0v) is 12.9. The molecule has 1 heterocycles. The molecule has 0 bridgehead atoms. The first-order valence-electron chi connectivity index (χ1n) is 6.60. The number of allylic oxidation sites excluding steroid dienone is 1. The maximum Gasteiger partial charge on any atom is 0.337 e. The molecule has 1 aliphatic heterocycles. The van der Waals surface area contributed by atoms with Crippen LogP contribution in [-0.2, 0) is 9.53 Å². The molecule has 0 saturated carbocycles. The molecule has 0 unspecified atom stereocenters. The van der Waals surface area contributed by atoms with Crippen molar-refractivity contribution < 1.29 is 23.8 Å². The zero-order valence-electron chi connectivity index (χ0n) is 12.9. The number of hydrogen-bond acceptors (Lipinski definition) is 5. The maximum atomic E-state index is 12.1. The molecule has 0 fully saturated rings. The van der Waals surface area contributed by atoms with Gasteiger partial charge in [-0.2, -0.15) is 0 Å². The van der Waals surface area contributed by atoms with Gasteiger partial charge in [0.05, 0.1) is 32.9 Å². The number of benzene rings is 1. The number of nitrogens with one attached hydrogen (secondary N) is 2. The fraction of sp³-hybridized carbons (Fsp3) is 0.333. The Balaban J connectivity index is 2.59. The first kappa shape index (κ1) is 15.7. The van der Waals surface area contributed by atoms with Gasteiger partial charge in [-0.05, 0) is 25.1 Å². The molecule has 1 aromatic carbocycles. The average molecular weight is 306 g/mol. The Hall–Kier alpha value is -2.70. The zero-order chi connectivity index (χ0) is 16.3. The number of methoxy groups -OCH3 is 3. The van der Waals surface area contributed by atoms with Crippen molar-refractivity contribution in [3.63, 3.8) is 0 Å². The van der Waals surface area contributed by atoms with Gasteiger partial charge in [0.2, 0.25) is 0 Å². The summed E-state index contributed by atoms with van der Waals surface area (Å²) >= 11 is 0. The third-order valence-corrected chi connectivity index (χ3v) is 3.42. The number of hydrogen-bond donors (Lipinski definition) is 2. The van der Waals surface area contributed by atoms with Crippen LogP contribution in [0.15, 0.2) is 29.5 Å². The summed E-state index contributed by atoms with van der Waals surface area (Å²) in [5.74, 6) is 0.590. The second-order valence-corrected chi connectivity index (χ2v) is 4.67. The van der Waals surface area contributed by atoms with Crippen molar-refractivity contribution in [3.8, 4) is 11.5 Å². The lowest BCUT2D eigenvalue weighted by Crippen LogP contribution is -2.45. The van der Waals surface area contributed by atoms with Crippen molar-refractivity contribution in [3.05, 3.63) is 35.0 Å². The summed E-state index contributed by atoms with van der Waals surface area (Å²) in [5.41, 5.74) is 1.36. The fourth-order valence-electron chi connectivity index (χ4n) is 2.37. The maximum absolute atomic E-state index is 12.1. The molecule has 0 saturated heterocycles. The minimum absolute atomic E-state index is 0.314. The molecule has 7 nitrogen and oxygen atoms in total. The van der Waals surface area contributed by atoms with E-state index in [4.69, 9.17) is 14.2 Å². The fourth-order valence-corrected chi connectivity index (χ4v) is 2.37. The predicted molar refractivity (Wildman–Crippen MR) is 78.7 cm³/mol. The van der Waals surface area contributed by atoms with Gasteiger partial charge in [-0.3, -0.25) is 0 Å². The Kier molecular flexibility index (Phi) is 4.55. The molecule has 22 heavy (non-hydrogen) atoms. The van der Waals surface area contributed by atoms with E-state index in [9.17, 15) is 9.59 Å². The predicted octanol–water partition coefficient (Wildman–Crippen LogP) is 1.50. The van der Waals surface area contributed by atoms with E-state index in [1.807, 2.05) is 0 Å². The normalized spacial score (nSPS) is 17.5. The summed E-state index contributed by atoms with van der Waals surface area (Å²) in [6.07, 6.45) is 0. The molecular formula is C15H18N2O5. The minimum atomic E-state index is -0.689. The average Bonchev–Trinajstić information content (AvgIpc) is 2.52. The van der Waals surface area contributed by atoms with Crippen molar-refractivity contribution in [2.75, 3.05) is 21.3 Å². The summed E-state index contributed by atoms with van der Waals surface area (Å²) in [7, 11) is 4.34. The minimum Gasteiger partial charge on any atom is -0.497 e. The molecule has 0 radical (unpaired) electrons. The van der Waals surface area contributed by atoms with E-state index in [2.05, 4.69) is 10.6 Å². The molecule has 0 spiro atoms. The summed E-state index contributed by atoms with van der Waals surface area (Å²) < 4.78 is 15.4. The highest BCUT2D eigenvalue weighted by atomic mass is 16.5. The highest BCUT2D eigenvalue weighted by Gasteiger charge is 2.33. The number of esters is 1. The third kappa shape index (κ3) is 2.83. The van der Waals surface area contributed by atoms with Gasteiger partial charge in [-0.15, -0.1) is 0 Å². The molecule has 1 atom stereocenters. The Bertz CT molecular complexity index is 639. The summed E-state index contributed by atoms with van der Waals surface area (Å²) in [6.45, 7) is 1.64. The van der Waals surface area contributed by atoms with Crippen LogP contribution < -0.4 is 20.1 Å². The smallest absolute Gasteiger partial charge is 0.337 e. The summed E-state index contributed by atoms with van der Waals surface area (Å²) in [4.78, 5) is 23.9. The van der Waals surface area contributed by atoms with Crippen molar-refractivity contribution in [1.82, 2.24) is 10.6 Å². The van der Waals surface area contributed by atoms with Gasteiger partial charge in [0, 0.05) is 11.3 Å². The molecular weight excluding hydrogens is 288 g/mol. The number of urea groups is 1. The Morgan fingerprint density at radius 3 is 2.50 bits per heavy atom. The number of carbonyl (C=O) groups excluding carboxylic acids is 2. The molecule has 0 aliphatic carbocycles. The second-order valence-electron chi connectivity index (χ2n) is 4.67. The van der Waals surface area contributed by atoms with E-state index in [0.29, 0.717) is 28.3 Å². The Labute approximate surface area is 128 Å². The molecule has 1 aromatic rings. The molecule has 2 amide bonds. The molecule has 2 rings (SSSR count). The van der Waals surface area contributed by atoms with E-state index in [0.717, 1.165) is 0 Å². The van der Waals surface area contributed by atoms with Crippen molar-refractivity contribution in [2.45, 2.75) is 13.0 Å². The first-order chi connectivity index (χ1) is 10.5. The van der Waals surface area contributed by atoms with Gasteiger partial charge in [0.15, 0.2) is 0 Å². The van der Waals surface area contributed by atoms with E-state index in [1.165, 1.54) is 21.3 Å². The van der Waals surface area contributed by atoms with Gasteiger partial charge in [0.1, 0.15) is 11.5 Å². The third-order valence-electron chi connectivity index (χ3n) is 3.42. The molecule has 7 heteroatoms. The quantitative estimate of drug-likeness (QED) is 0.823. The monoisotopic (exact) mass is 306 g/mol. The largest absolute Gasteiger partial charge is 0.497 e. The highest BCUT2D eigenvalue weighted by molar-refractivity contribution is 5.95. The number of amides is 2. The summed E-state index contributed by atoms with van der Waals surface area (Å²) in [5, 5.41) is 5.28. The van der Waals surface area contributed by atoms with E-state index in [-0.39, 0.29) is 0 Å². The SMILES string of the molecule is COC(=O)C1=C(C)NC(=O)N[C@@H]1c1cc(OC)ccc1OC. The Morgan fingerprint density at radius 2 is 1.91 bits per heavy atom. The number of ether oxygens (including phenoxy) is 3. The van der Waals surface area contributed by atoms with Crippen molar-refractivity contribution >= 4 is 12.0 Å².